The fourth-order valence-electron chi connectivity index (χ4n) is 4.16. The summed E-state index contributed by atoms with van der Waals surface area (Å²) in [6, 6.07) is 6.45. The Balaban J connectivity index is 1.68. The molecule has 0 aromatic heterocycles. The predicted octanol–water partition coefficient (Wildman–Crippen LogP) is 2.16. The second kappa shape index (κ2) is 5.44. The molecule has 122 valence electrons. The van der Waals surface area contributed by atoms with Gasteiger partial charge in [-0.15, -0.1) is 0 Å². The van der Waals surface area contributed by atoms with Crippen molar-refractivity contribution in [1.29, 1.82) is 0 Å². The van der Waals surface area contributed by atoms with Crippen molar-refractivity contribution in [2.75, 3.05) is 36.5 Å². The zero-order valence-corrected chi connectivity index (χ0v) is 13.2. The summed E-state index contributed by atoms with van der Waals surface area (Å²) in [5.74, 6) is 0.367. The minimum Gasteiger partial charge on any atom is -0.450 e. The number of nitrogens with zero attached hydrogens (tertiary/aromatic N) is 2. The van der Waals surface area contributed by atoms with Gasteiger partial charge in [0.05, 0.1) is 18.0 Å². The van der Waals surface area contributed by atoms with Gasteiger partial charge in [-0.1, -0.05) is 12.1 Å². The van der Waals surface area contributed by atoms with E-state index in [1.165, 1.54) is 5.56 Å². The van der Waals surface area contributed by atoms with Crippen molar-refractivity contribution in [1.82, 2.24) is 4.90 Å². The standard InChI is InChI=1S/C17H21N3O3/c1-2-23-17(22)19-8-6-14-12(10-19)11-4-3-5-13-16(11)20(14)9-7-15(21)18-13/h3-5,12,14H,2,6-10H2,1H3,(H,18,21). The van der Waals surface area contributed by atoms with Gasteiger partial charge in [0.15, 0.2) is 0 Å². The second-order valence-electron chi connectivity index (χ2n) is 6.34. The molecule has 0 bridgehead atoms. The van der Waals surface area contributed by atoms with Crippen LogP contribution in [0.5, 0.6) is 0 Å². The molecule has 1 N–H and O–H groups in total. The number of carbonyl (C=O) groups excluding carboxylic acids is 2. The molecule has 3 aliphatic rings. The Morgan fingerprint density at radius 3 is 3.09 bits per heavy atom. The van der Waals surface area contributed by atoms with Crippen LogP contribution in [0.4, 0.5) is 16.2 Å². The van der Waals surface area contributed by atoms with E-state index in [1.54, 1.807) is 0 Å². The van der Waals surface area contributed by atoms with Gasteiger partial charge in [0.25, 0.3) is 0 Å². The molecule has 4 rings (SSSR count). The molecule has 1 fully saturated rings. The highest BCUT2D eigenvalue weighted by molar-refractivity contribution is 5.98. The minimum absolute atomic E-state index is 0.0771. The number of carbonyl (C=O) groups is 2. The summed E-state index contributed by atoms with van der Waals surface area (Å²) >= 11 is 0. The molecule has 0 aliphatic carbocycles. The number of hydrogen-bond acceptors (Lipinski definition) is 4. The molecule has 3 aliphatic heterocycles. The zero-order chi connectivity index (χ0) is 16.0. The average molecular weight is 315 g/mol. The summed E-state index contributed by atoms with van der Waals surface area (Å²) in [4.78, 5) is 28.1. The Morgan fingerprint density at radius 1 is 1.39 bits per heavy atom. The fourth-order valence-corrected chi connectivity index (χ4v) is 4.16. The smallest absolute Gasteiger partial charge is 0.409 e. The van der Waals surface area contributed by atoms with Crippen LogP contribution < -0.4 is 10.2 Å². The molecular formula is C17H21N3O3. The molecular weight excluding hydrogens is 294 g/mol. The van der Waals surface area contributed by atoms with Crippen molar-refractivity contribution in [2.24, 2.45) is 0 Å². The molecule has 1 saturated heterocycles. The van der Waals surface area contributed by atoms with Crippen molar-refractivity contribution in [3.8, 4) is 0 Å². The van der Waals surface area contributed by atoms with Crippen molar-refractivity contribution < 1.29 is 14.3 Å². The minimum atomic E-state index is -0.220. The van der Waals surface area contributed by atoms with Crippen LogP contribution >= 0.6 is 0 Å². The largest absolute Gasteiger partial charge is 0.450 e. The van der Waals surface area contributed by atoms with Gasteiger partial charge < -0.3 is 19.9 Å². The van der Waals surface area contributed by atoms with Crippen LogP contribution in [0.3, 0.4) is 0 Å². The molecule has 1 aromatic carbocycles. The molecule has 1 aromatic rings. The number of anilines is 2. The van der Waals surface area contributed by atoms with E-state index in [2.05, 4.69) is 16.3 Å². The number of benzene rings is 1. The molecule has 3 heterocycles. The van der Waals surface area contributed by atoms with Gasteiger partial charge >= 0.3 is 6.09 Å². The maximum absolute atomic E-state index is 12.1. The first-order chi connectivity index (χ1) is 11.2. The van der Waals surface area contributed by atoms with Crippen LogP contribution in [-0.4, -0.2) is 49.2 Å². The molecule has 23 heavy (non-hydrogen) atoms. The van der Waals surface area contributed by atoms with Gasteiger partial charge in [-0.2, -0.15) is 0 Å². The number of para-hydroxylation sites is 1. The molecule has 2 unspecified atom stereocenters. The number of rotatable bonds is 1. The maximum atomic E-state index is 12.1. The number of ether oxygens (including phenoxy) is 1. The van der Waals surface area contributed by atoms with Crippen molar-refractivity contribution in [3.05, 3.63) is 23.8 Å². The van der Waals surface area contributed by atoms with Gasteiger partial charge in [-0.25, -0.2) is 4.79 Å². The van der Waals surface area contributed by atoms with E-state index in [9.17, 15) is 9.59 Å². The van der Waals surface area contributed by atoms with Crippen LogP contribution in [0, 0.1) is 0 Å². The van der Waals surface area contributed by atoms with E-state index < -0.39 is 0 Å². The molecule has 2 atom stereocenters. The third kappa shape index (κ3) is 2.24. The summed E-state index contributed by atoms with van der Waals surface area (Å²) in [6.45, 7) is 4.38. The summed E-state index contributed by atoms with van der Waals surface area (Å²) in [5.41, 5.74) is 3.30. The Labute approximate surface area is 135 Å². The van der Waals surface area contributed by atoms with E-state index in [1.807, 2.05) is 24.0 Å². The van der Waals surface area contributed by atoms with Crippen LogP contribution in [0.25, 0.3) is 0 Å². The molecule has 0 radical (unpaired) electrons. The van der Waals surface area contributed by atoms with Gasteiger partial charge in [-0.3, -0.25) is 4.79 Å². The molecule has 0 saturated carbocycles. The van der Waals surface area contributed by atoms with E-state index >= 15 is 0 Å². The third-order valence-electron chi connectivity index (χ3n) is 5.11. The highest BCUT2D eigenvalue weighted by Gasteiger charge is 2.44. The first-order valence-corrected chi connectivity index (χ1v) is 8.30. The monoisotopic (exact) mass is 315 g/mol. The lowest BCUT2D eigenvalue weighted by molar-refractivity contribution is -0.116. The SMILES string of the molecule is CCOC(=O)N1CCC2C(C1)c1cccc3c1N2CCC(=O)N3. The summed E-state index contributed by atoms with van der Waals surface area (Å²) < 4.78 is 5.16. The zero-order valence-electron chi connectivity index (χ0n) is 13.2. The number of amides is 2. The third-order valence-corrected chi connectivity index (χ3v) is 5.11. The van der Waals surface area contributed by atoms with Crippen LogP contribution in [0.2, 0.25) is 0 Å². The maximum Gasteiger partial charge on any atom is 0.409 e. The lowest BCUT2D eigenvalue weighted by Gasteiger charge is -2.38. The van der Waals surface area contributed by atoms with Gasteiger partial charge in [0.2, 0.25) is 5.91 Å². The summed E-state index contributed by atoms with van der Waals surface area (Å²) in [5, 5.41) is 3.01. The van der Waals surface area contributed by atoms with Crippen molar-refractivity contribution in [2.45, 2.75) is 31.7 Å². The highest BCUT2D eigenvalue weighted by Crippen LogP contribution is 2.49. The van der Waals surface area contributed by atoms with Crippen molar-refractivity contribution >= 4 is 23.4 Å². The molecule has 2 amide bonds. The van der Waals surface area contributed by atoms with Crippen LogP contribution in [0.15, 0.2) is 18.2 Å². The molecule has 0 spiro atoms. The van der Waals surface area contributed by atoms with E-state index in [-0.39, 0.29) is 17.9 Å². The number of hydrogen-bond donors (Lipinski definition) is 1. The van der Waals surface area contributed by atoms with Gasteiger partial charge in [0, 0.05) is 38.0 Å². The van der Waals surface area contributed by atoms with Gasteiger partial charge in [0.1, 0.15) is 0 Å². The quantitative estimate of drug-likeness (QED) is 0.863. The average Bonchev–Trinajstić information content (AvgIpc) is 2.76. The number of fused-ring (bicyclic) bond motifs is 3. The van der Waals surface area contributed by atoms with E-state index in [0.717, 1.165) is 24.3 Å². The lowest BCUT2D eigenvalue weighted by atomic mass is 9.89. The van der Waals surface area contributed by atoms with Gasteiger partial charge in [-0.05, 0) is 25.0 Å². The lowest BCUT2D eigenvalue weighted by Crippen LogP contribution is -2.48. The predicted molar refractivity (Wildman–Crippen MR) is 86.8 cm³/mol. The Kier molecular flexibility index (Phi) is 3.39. The molecule has 6 nitrogen and oxygen atoms in total. The van der Waals surface area contributed by atoms with E-state index in [4.69, 9.17) is 4.74 Å². The number of piperidine rings is 1. The van der Waals surface area contributed by atoms with Crippen LogP contribution in [-0.2, 0) is 9.53 Å². The highest BCUT2D eigenvalue weighted by atomic mass is 16.6. The number of likely N-dealkylation sites (tertiary alicyclic amines) is 1. The Hall–Kier alpha value is -2.24. The van der Waals surface area contributed by atoms with E-state index in [0.29, 0.717) is 32.2 Å². The second-order valence-corrected chi connectivity index (χ2v) is 6.34. The van der Waals surface area contributed by atoms with Crippen molar-refractivity contribution in [3.63, 3.8) is 0 Å². The molecule has 6 heteroatoms. The summed E-state index contributed by atoms with van der Waals surface area (Å²) in [6.07, 6.45) is 1.20. The Morgan fingerprint density at radius 2 is 2.26 bits per heavy atom. The summed E-state index contributed by atoms with van der Waals surface area (Å²) in [7, 11) is 0. The number of nitrogens with one attached hydrogen (secondary N) is 1. The topological polar surface area (TPSA) is 61.9 Å². The first kappa shape index (κ1) is 14.4. The fraction of sp³-hybridized carbons (Fsp3) is 0.529. The van der Waals surface area contributed by atoms with Crippen LogP contribution in [0.1, 0.15) is 31.2 Å². The Bertz CT molecular complexity index is 660. The first-order valence-electron chi connectivity index (χ1n) is 8.30. The normalized spacial score (nSPS) is 25.3.